The highest BCUT2D eigenvalue weighted by Crippen LogP contribution is 2.30. The molecule has 0 spiro atoms. The molecule has 0 aromatic heterocycles. The SMILES string of the molecule is CCNC(CCOC)c1ccc(OC)c(OC)c1. The number of hydrogen-bond acceptors (Lipinski definition) is 4. The maximum absolute atomic E-state index is 5.33. The minimum absolute atomic E-state index is 0.273. The minimum atomic E-state index is 0.273. The van der Waals surface area contributed by atoms with Crippen LogP contribution in [0.1, 0.15) is 24.9 Å². The first kappa shape index (κ1) is 14.8. The Hall–Kier alpha value is -1.26. The molecule has 4 heteroatoms. The van der Waals surface area contributed by atoms with Gasteiger partial charge in [-0.05, 0) is 30.7 Å². The van der Waals surface area contributed by atoms with Crippen LogP contribution in [0.5, 0.6) is 11.5 Å². The van der Waals surface area contributed by atoms with Gasteiger partial charge in [-0.25, -0.2) is 0 Å². The van der Waals surface area contributed by atoms with Crippen LogP contribution in [0.4, 0.5) is 0 Å². The van der Waals surface area contributed by atoms with Gasteiger partial charge in [-0.15, -0.1) is 0 Å². The molecule has 0 fully saturated rings. The maximum atomic E-state index is 5.33. The molecule has 0 aliphatic heterocycles. The molecule has 18 heavy (non-hydrogen) atoms. The topological polar surface area (TPSA) is 39.7 Å². The lowest BCUT2D eigenvalue weighted by atomic mass is 10.0. The molecule has 1 unspecified atom stereocenters. The summed E-state index contributed by atoms with van der Waals surface area (Å²) in [6.45, 7) is 3.75. The number of hydrogen-bond donors (Lipinski definition) is 1. The first-order chi connectivity index (χ1) is 8.76. The summed E-state index contributed by atoms with van der Waals surface area (Å²) in [5, 5.41) is 3.45. The summed E-state index contributed by atoms with van der Waals surface area (Å²) in [6.07, 6.45) is 0.930. The zero-order chi connectivity index (χ0) is 13.4. The van der Waals surface area contributed by atoms with Crippen LogP contribution in [0.15, 0.2) is 18.2 Å². The Morgan fingerprint density at radius 3 is 2.39 bits per heavy atom. The van der Waals surface area contributed by atoms with Crippen molar-refractivity contribution in [2.24, 2.45) is 0 Å². The van der Waals surface area contributed by atoms with E-state index in [0.717, 1.165) is 31.1 Å². The average Bonchev–Trinajstić information content (AvgIpc) is 2.42. The van der Waals surface area contributed by atoms with Crippen LogP contribution in [-0.4, -0.2) is 34.5 Å². The Bertz CT molecular complexity index is 355. The second kappa shape index (κ2) is 7.95. The summed E-state index contributed by atoms with van der Waals surface area (Å²) in [6, 6.07) is 6.28. The second-order valence-corrected chi connectivity index (χ2v) is 4.01. The third-order valence-corrected chi connectivity index (χ3v) is 2.87. The molecule has 1 atom stereocenters. The standard InChI is InChI=1S/C14H23NO3/c1-5-15-12(8-9-16-2)11-6-7-13(17-3)14(10-11)18-4/h6-7,10,12,15H,5,8-9H2,1-4H3. The highest BCUT2D eigenvalue weighted by Gasteiger charge is 2.13. The highest BCUT2D eigenvalue weighted by atomic mass is 16.5. The molecule has 1 aromatic carbocycles. The fourth-order valence-corrected chi connectivity index (χ4v) is 1.94. The van der Waals surface area contributed by atoms with Gasteiger partial charge in [0.2, 0.25) is 0 Å². The Morgan fingerprint density at radius 2 is 1.83 bits per heavy atom. The van der Waals surface area contributed by atoms with Crippen molar-refractivity contribution in [2.75, 3.05) is 34.5 Å². The largest absolute Gasteiger partial charge is 0.493 e. The molecule has 0 saturated carbocycles. The third kappa shape index (κ3) is 3.89. The van der Waals surface area contributed by atoms with Crippen molar-refractivity contribution >= 4 is 0 Å². The van der Waals surface area contributed by atoms with Crippen LogP contribution in [0.25, 0.3) is 0 Å². The van der Waals surface area contributed by atoms with Crippen LogP contribution in [0, 0.1) is 0 Å². The van der Waals surface area contributed by atoms with E-state index in [1.807, 2.05) is 12.1 Å². The Labute approximate surface area is 109 Å². The summed E-state index contributed by atoms with van der Waals surface area (Å²) >= 11 is 0. The quantitative estimate of drug-likeness (QED) is 0.772. The molecule has 0 aliphatic rings. The number of ether oxygens (including phenoxy) is 3. The van der Waals surface area contributed by atoms with Crippen molar-refractivity contribution in [2.45, 2.75) is 19.4 Å². The van der Waals surface area contributed by atoms with Gasteiger partial charge in [-0.1, -0.05) is 13.0 Å². The number of nitrogens with one attached hydrogen (secondary N) is 1. The van der Waals surface area contributed by atoms with Gasteiger partial charge < -0.3 is 19.5 Å². The lowest BCUT2D eigenvalue weighted by molar-refractivity contribution is 0.183. The van der Waals surface area contributed by atoms with Crippen LogP contribution in [-0.2, 0) is 4.74 Å². The minimum Gasteiger partial charge on any atom is -0.493 e. The van der Waals surface area contributed by atoms with Crippen molar-refractivity contribution in [1.82, 2.24) is 5.32 Å². The summed E-state index contributed by atoms with van der Waals surface area (Å²) < 4.78 is 15.7. The van der Waals surface area contributed by atoms with Gasteiger partial charge in [-0.3, -0.25) is 0 Å². The zero-order valence-corrected chi connectivity index (χ0v) is 11.7. The lowest BCUT2D eigenvalue weighted by Gasteiger charge is -2.19. The lowest BCUT2D eigenvalue weighted by Crippen LogP contribution is -2.22. The van der Waals surface area contributed by atoms with Crippen LogP contribution < -0.4 is 14.8 Å². The van der Waals surface area contributed by atoms with Gasteiger partial charge in [-0.2, -0.15) is 0 Å². The van der Waals surface area contributed by atoms with E-state index in [2.05, 4.69) is 18.3 Å². The summed E-state index contributed by atoms with van der Waals surface area (Å²) in [7, 11) is 5.01. The zero-order valence-electron chi connectivity index (χ0n) is 11.7. The van der Waals surface area contributed by atoms with Gasteiger partial charge in [0.15, 0.2) is 11.5 Å². The number of rotatable bonds is 8. The van der Waals surface area contributed by atoms with Crippen molar-refractivity contribution in [3.63, 3.8) is 0 Å². The van der Waals surface area contributed by atoms with Gasteiger partial charge in [0.05, 0.1) is 14.2 Å². The monoisotopic (exact) mass is 253 g/mol. The molecule has 4 nitrogen and oxygen atoms in total. The van der Waals surface area contributed by atoms with Gasteiger partial charge in [0.25, 0.3) is 0 Å². The van der Waals surface area contributed by atoms with E-state index in [4.69, 9.17) is 14.2 Å². The normalized spacial score (nSPS) is 12.2. The fourth-order valence-electron chi connectivity index (χ4n) is 1.94. The molecule has 0 bridgehead atoms. The molecular weight excluding hydrogens is 230 g/mol. The summed E-state index contributed by atoms with van der Waals surface area (Å²) in [4.78, 5) is 0. The van der Waals surface area contributed by atoms with Crippen LogP contribution in [0.2, 0.25) is 0 Å². The van der Waals surface area contributed by atoms with Crippen molar-refractivity contribution in [3.8, 4) is 11.5 Å². The molecule has 1 N–H and O–H groups in total. The van der Waals surface area contributed by atoms with Crippen molar-refractivity contribution in [1.29, 1.82) is 0 Å². The maximum Gasteiger partial charge on any atom is 0.161 e. The first-order valence-electron chi connectivity index (χ1n) is 6.21. The fraction of sp³-hybridized carbons (Fsp3) is 0.571. The molecule has 0 heterocycles. The Balaban J connectivity index is 2.89. The molecule has 0 amide bonds. The van der Waals surface area contributed by atoms with Gasteiger partial charge in [0.1, 0.15) is 0 Å². The molecular formula is C14H23NO3. The Morgan fingerprint density at radius 1 is 1.11 bits per heavy atom. The van der Waals surface area contributed by atoms with Crippen LogP contribution in [0.3, 0.4) is 0 Å². The van der Waals surface area contributed by atoms with Crippen molar-refractivity contribution in [3.05, 3.63) is 23.8 Å². The van der Waals surface area contributed by atoms with E-state index < -0.39 is 0 Å². The highest BCUT2D eigenvalue weighted by molar-refractivity contribution is 5.43. The Kier molecular flexibility index (Phi) is 6.54. The smallest absolute Gasteiger partial charge is 0.161 e. The number of benzene rings is 1. The van der Waals surface area contributed by atoms with E-state index in [9.17, 15) is 0 Å². The molecule has 102 valence electrons. The summed E-state index contributed by atoms with van der Waals surface area (Å²) in [5.41, 5.74) is 1.19. The molecule has 0 radical (unpaired) electrons. The average molecular weight is 253 g/mol. The van der Waals surface area contributed by atoms with E-state index in [0.29, 0.717) is 0 Å². The molecule has 1 aromatic rings. The molecule has 0 aliphatic carbocycles. The number of methoxy groups -OCH3 is 3. The third-order valence-electron chi connectivity index (χ3n) is 2.87. The van der Waals surface area contributed by atoms with E-state index >= 15 is 0 Å². The van der Waals surface area contributed by atoms with E-state index in [1.165, 1.54) is 5.56 Å². The first-order valence-corrected chi connectivity index (χ1v) is 6.21. The predicted molar refractivity (Wildman–Crippen MR) is 72.5 cm³/mol. The van der Waals surface area contributed by atoms with E-state index in [-0.39, 0.29) is 6.04 Å². The van der Waals surface area contributed by atoms with Crippen molar-refractivity contribution < 1.29 is 14.2 Å². The second-order valence-electron chi connectivity index (χ2n) is 4.01. The summed E-state index contributed by atoms with van der Waals surface area (Å²) in [5.74, 6) is 1.51. The molecule has 0 saturated heterocycles. The van der Waals surface area contributed by atoms with Gasteiger partial charge >= 0.3 is 0 Å². The predicted octanol–water partition coefficient (Wildman–Crippen LogP) is 2.39. The van der Waals surface area contributed by atoms with Gasteiger partial charge in [0, 0.05) is 19.8 Å². The van der Waals surface area contributed by atoms with E-state index in [1.54, 1.807) is 21.3 Å². The molecule has 1 rings (SSSR count). The van der Waals surface area contributed by atoms with Crippen LogP contribution >= 0.6 is 0 Å².